The monoisotopic (exact) mass is 598 g/mol. The van der Waals surface area contributed by atoms with Gasteiger partial charge in [0.25, 0.3) is 5.56 Å². The Bertz CT molecular complexity index is 1840. The van der Waals surface area contributed by atoms with E-state index in [-0.39, 0.29) is 17.7 Å². The summed E-state index contributed by atoms with van der Waals surface area (Å²) in [5.74, 6) is 1.38. The van der Waals surface area contributed by atoms with Crippen LogP contribution in [0.4, 0.5) is 0 Å². The summed E-state index contributed by atoms with van der Waals surface area (Å²) in [6.07, 6.45) is 1.64. The predicted molar refractivity (Wildman–Crippen MR) is 154 cm³/mol. The Morgan fingerprint density at radius 2 is 1.90 bits per heavy atom. The number of thiazole rings is 1. The molecule has 1 aliphatic heterocycles. The molecule has 0 aliphatic carbocycles. The fraction of sp³-hybridized carbons (Fsp3) is 0.207. The van der Waals surface area contributed by atoms with Crippen molar-refractivity contribution in [1.29, 1.82) is 0 Å². The molecular formula is C29H24Cl2N2O6S. The summed E-state index contributed by atoms with van der Waals surface area (Å²) in [6, 6.07) is 13.2. The lowest BCUT2D eigenvalue weighted by Crippen LogP contribution is -2.39. The maximum Gasteiger partial charge on any atom is 0.338 e. The lowest BCUT2D eigenvalue weighted by atomic mass is 9.95. The van der Waals surface area contributed by atoms with Gasteiger partial charge >= 0.3 is 5.97 Å². The van der Waals surface area contributed by atoms with Gasteiger partial charge in [0.05, 0.1) is 52.7 Å². The zero-order chi connectivity index (χ0) is 28.6. The number of rotatable bonds is 7. The van der Waals surface area contributed by atoms with E-state index in [1.807, 2.05) is 0 Å². The van der Waals surface area contributed by atoms with Gasteiger partial charge in [0, 0.05) is 11.6 Å². The van der Waals surface area contributed by atoms with Crippen molar-refractivity contribution in [3.63, 3.8) is 0 Å². The molecule has 0 bridgehead atoms. The third-order valence-corrected chi connectivity index (χ3v) is 8.16. The lowest BCUT2D eigenvalue weighted by molar-refractivity contribution is -0.139. The largest absolute Gasteiger partial charge is 0.493 e. The van der Waals surface area contributed by atoms with Crippen molar-refractivity contribution in [2.24, 2.45) is 4.99 Å². The Morgan fingerprint density at radius 3 is 2.62 bits per heavy atom. The summed E-state index contributed by atoms with van der Waals surface area (Å²) >= 11 is 13.7. The van der Waals surface area contributed by atoms with Crippen LogP contribution in [0.3, 0.4) is 0 Å². The number of fused-ring (bicyclic) bond motifs is 1. The number of esters is 1. The molecule has 5 rings (SSSR count). The van der Waals surface area contributed by atoms with E-state index in [2.05, 4.69) is 4.99 Å². The molecule has 3 heterocycles. The summed E-state index contributed by atoms with van der Waals surface area (Å²) in [5.41, 5.74) is 1.67. The second-order valence-corrected chi connectivity index (χ2v) is 10.5. The van der Waals surface area contributed by atoms with Gasteiger partial charge in [0.1, 0.15) is 11.5 Å². The Hall–Kier alpha value is -3.79. The minimum Gasteiger partial charge on any atom is -0.493 e. The van der Waals surface area contributed by atoms with Gasteiger partial charge in [0.2, 0.25) is 0 Å². The van der Waals surface area contributed by atoms with Crippen LogP contribution in [0.15, 0.2) is 74.0 Å². The number of allylic oxidation sites excluding steroid dienone is 1. The predicted octanol–water partition coefficient (Wildman–Crippen LogP) is 5.38. The van der Waals surface area contributed by atoms with Crippen molar-refractivity contribution in [3.05, 3.63) is 101 Å². The summed E-state index contributed by atoms with van der Waals surface area (Å²) in [7, 11) is 3.06. The van der Waals surface area contributed by atoms with Crippen molar-refractivity contribution in [1.82, 2.24) is 4.57 Å². The van der Waals surface area contributed by atoms with E-state index < -0.39 is 12.0 Å². The van der Waals surface area contributed by atoms with Crippen molar-refractivity contribution < 1.29 is 23.4 Å². The van der Waals surface area contributed by atoms with Gasteiger partial charge in [-0.2, -0.15) is 0 Å². The van der Waals surface area contributed by atoms with E-state index in [1.54, 1.807) is 68.5 Å². The number of methoxy groups -OCH3 is 2. The van der Waals surface area contributed by atoms with E-state index in [4.69, 9.17) is 41.8 Å². The number of furan rings is 1. The van der Waals surface area contributed by atoms with Gasteiger partial charge in [-0.15, -0.1) is 0 Å². The SMILES string of the molecule is CCOC(=O)C1=C(C)N=c2s/c(=C\c3ccc(-c4cccc(Cl)c4Cl)o3)c(=O)n2C1c1ccc(OC)c(OC)c1. The molecule has 40 heavy (non-hydrogen) atoms. The van der Waals surface area contributed by atoms with Crippen molar-refractivity contribution >= 4 is 46.6 Å². The molecule has 0 amide bonds. The highest BCUT2D eigenvalue weighted by atomic mass is 35.5. The normalized spacial score (nSPS) is 15.1. The molecule has 1 aliphatic rings. The quantitative estimate of drug-likeness (QED) is 0.265. The van der Waals surface area contributed by atoms with Crippen LogP contribution in [0, 0.1) is 0 Å². The fourth-order valence-electron chi connectivity index (χ4n) is 4.53. The first-order valence-electron chi connectivity index (χ1n) is 12.2. The molecule has 0 spiro atoms. The highest BCUT2D eigenvalue weighted by molar-refractivity contribution is 7.07. The molecule has 1 unspecified atom stereocenters. The van der Waals surface area contributed by atoms with E-state index in [1.165, 1.54) is 30.1 Å². The van der Waals surface area contributed by atoms with E-state index in [9.17, 15) is 9.59 Å². The molecule has 2 aromatic heterocycles. The van der Waals surface area contributed by atoms with Gasteiger partial charge < -0.3 is 18.6 Å². The van der Waals surface area contributed by atoms with Crippen LogP contribution in [0.25, 0.3) is 17.4 Å². The molecule has 0 saturated heterocycles. The maximum atomic E-state index is 13.9. The smallest absolute Gasteiger partial charge is 0.338 e. The molecular weight excluding hydrogens is 575 g/mol. The van der Waals surface area contributed by atoms with Crippen molar-refractivity contribution in [2.75, 3.05) is 20.8 Å². The van der Waals surface area contributed by atoms with Crippen LogP contribution < -0.4 is 24.4 Å². The average Bonchev–Trinajstić information content (AvgIpc) is 3.53. The van der Waals surface area contributed by atoms with Crippen LogP contribution in [0.1, 0.15) is 31.2 Å². The number of halogens is 2. The van der Waals surface area contributed by atoms with Gasteiger partial charge in [-0.25, -0.2) is 9.79 Å². The minimum absolute atomic E-state index is 0.177. The minimum atomic E-state index is -0.797. The first kappa shape index (κ1) is 27.8. The van der Waals surface area contributed by atoms with Gasteiger partial charge in [-0.3, -0.25) is 9.36 Å². The molecule has 11 heteroatoms. The van der Waals surface area contributed by atoms with Crippen LogP contribution in [-0.4, -0.2) is 31.4 Å². The number of carbonyl (C=O) groups excluding carboxylic acids is 1. The Morgan fingerprint density at radius 1 is 1.12 bits per heavy atom. The number of carbonyl (C=O) groups is 1. The lowest BCUT2D eigenvalue weighted by Gasteiger charge is -2.25. The molecule has 206 valence electrons. The molecule has 8 nitrogen and oxygen atoms in total. The molecule has 0 N–H and O–H groups in total. The number of aromatic nitrogens is 1. The third-order valence-electron chi connectivity index (χ3n) is 6.36. The Kier molecular flexibility index (Phi) is 7.89. The Labute approximate surface area is 243 Å². The molecule has 0 radical (unpaired) electrons. The highest BCUT2D eigenvalue weighted by Crippen LogP contribution is 2.36. The highest BCUT2D eigenvalue weighted by Gasteiger charge is 2.34. The number of ether oxygens (including phenoxy) is 3. The first-order valence-corrected chi connectivity index (χ1v) is 13.8. The molecule has 4 aromatic rings. The van der Waals surface area contributed by atoms with Gasteiger partial charge in [-0.05, 0) is 55.8 Å². The number of benzene rings is 2. The van der Waals surface area contributed by atoms with Crippen LogP contribution in [0.2, 0.25) is 10.0 Å². The fourth-order valence-corrected chi connectivity index (χ4v) is 5.95. The van der Waals surface area contributed by atoms with Crippen LogP contribution in [-0.2, 0) is 9.53 Å². The summed E-state index contributed by atoms with van der Waals surface area (Å²) in [6.45, 7) is 3.63. The van der Waals surface area contributed by atoms with E-state index in [0.29, 0.717) is 59.2 Å². The van der Waals surface area contributed by atoms with Gasteiger partial charge in [-0.1, -0.05) is 46.7 Å². The number of hydrogen-bond donors (Lipinski definition) is 0. The second-order valence-electron chi connectivity index (χ2n) is 8.72. The van der Waals surface area contributed by atoms with Crippen molar-refractivity contribution in [2.45, 2.75) is 19.9 Å². The van der Waals surface area contributed by atoms with E-state index in [0.717, 1.165) is 0 Å². The molecule has 1 atom stereocenters. The third kappa shape index (κ3) is 4.96. The average molecular weight is 599 g/mol. The second kappa shape index (κ2) is 11.4. The number of nitrogens with zero attached hydrogens (tertiary/aromatic N) is 2. The van der Waals surface area contributed by atoms with Gasteiger partial charge in [0.15, 0.2) is 16.3 Å². The van der Waals surface area contributed by atoms with E-state index >= 15 is 0 Å². The van der Waals surface area contributed by atoms with Crippen LogP contribution in [0.5, 0.6) is 11.5 Å². The summed E-state index contributed by atoms with van der Waals surface area (Å²) in [5, 5.41) is 0.787. The standard InChI is InChI=1S/C29H24Cl2N2O6S/c1-5-38-28(35)24-15(2)32-29-33(26(24)16-9-11-21(36-3)22(13-16)37-4)27(34)23(40-29)14-17-10-12-20(39-17)18-7-6-8-19(30)25(18)31/h6-14,26H,5H2,1-4H3/b23-14-. The summed E-state index contributed by atoms with van der Waals surface area (Å²) < 4.78 is 24.1. The molecule has 0 saturated carbocycles. The molecule has 0 fully saturated rings. The van der Waals surface area contributed by atoms with Crippen LogP contribution >= 0.6 is 34.5 Å². The molecule has 2 aromatic carbocycles. The maximum absolute atomic E-state index is 13.9. The topological polar surface area (TPSA) is 92.3 Å². The van der Waals surface area contributed by atoms with Crippen molar-refractivity contribution in [3.8, 4) is 22.8 Å². The number of hydrogen-bond acceptors (Lipinski definition) is 8. The first-order chi connectivity index (χ1) is 19.3. The summed E-state index contributed by atoms with van der Waals surface area (Å²) in [4.78, 5) is 32.0. The zero-order valence-corrected chi connectivity index (χ0v) is 24.3. The zero-order valence-electron chi connectivity index (χ0n) is 22.0. The Balaban J connectivity index is 1.66.